The van der Waals surface area contributed by atoms with Gasteiger partial charge in [0.05, 0.1) is 6.04 Å². The molecule has 3 nitrogen and oxygen atoms in total. The van der Waals surface area contributed by atoms with Crippen molar-refractivity contribution in [3.63, 3.8) is 0 Å². The van der Waals surface area contributed by atoms with E-state index in [1.54, 1.807) is 0 Å². The summed E-state index contributed by atoms with van der Waals surface area (Å²) in [4.78, 5) is 4.16. The molecule has 0 aromatic carbocycles. The highest BCUT2D eigenvalue weighted by atomic mass is 32.1. The van der Waals surface area contributed by atoms with E-state index in [1.807, 2.05) is 0 Å². The van der Waals surface area contributed by atoms with E-state index in [4.69, 9.17) is 11.5 Å². The molecule has 0 aliphatic heterocycles. The zero-order chi connectivity index (χ0) is 10.1. The molecule has 4 N–H and O–H groups in total. The maximum Gasteiger partial charge on any atom is 0.186 e. The molecule has 4 heteroatoms. The second-order valence-electron chi connectivity index (χ2n) is 3.22. The first kappa shape index (κ1) is 12.6. The van der Waals surface area contributed by atoms with Crippen molar-refractivity contribution in [2.45, 2.75) is 45.1 Å². The molecule has 0 aromatic rings. The van der Waals surface area contributed by atoms with Crippen molar-refractivity contribution in [2.75, 3.05) is 5.75 Å². The monoisotopic (exact) mass is 203 g/mol. The summed E-state index contributed by atoms with van der Waals surface area (Å²) in [5.74, 6) is 1.04. The molecule has 0 spiro atoms. The molecular formula is C9H21N3S. The predicted molar refractivity (Wildman–Crippen MR) is 62.2 cm³/mol. The Labute approximate surface area is 86.4 Å². The first-order chi connectivity index (χ1) is 6.20. The van der Waals surface area contributed by atoms with Crippen molar-refractivity contribution in [1.82, 2.24) is 0 Å². The van der Waals surface area contributed by atoms with Crippen molar-refractivity contribution in [3.8, 4) is 0 Å². The molecule has 1 unspecified atom stereocenters. The van der Waals surface area contributed by atoms with E-state index in [0.717, 1.165) is 18.6 Å². The van der Waals surface area contributed by atoms with Crippen LogP contribution in [0, 0.1) is 0 Å². The topological polar surface area (TPSA) is 64.4 Å². The lowest BCUT2D eigenvalue weighted by molar-refractivity contribution is 0.552. The van der Waals surface area contributed by atoms with Gasteiger partial charge in [0.1, 0.15) is 0 Å². The second kappa shape index (κ2) is 8.23. The summed E-state index contributed by atoms with van der Waals surface area (Å²) < 4.78 is 0. The third kappa shape index (κ3) is 7.96. The molecule has 0 heterocycles. The van der Waals surface area contributed by atoms with Gasteiger partial charge in [0.25, 0.3) is 0 Å². The summed E-state index contributed by atoms with van der Waals surface area (Å²) in [6, 6.07) is 0.272. The Morgan fingerprint density at radius 1 is 1.31 bits per heavy atom. The average molecular weight is 203 g/mol. The van der Waals surface area contributed by atoms with Gasteiger partial charge < -0.3 is 11.5 Å². The molecular weight excluding hydrogens is 182 g/mol. The van der Waals surface area contributed by atoms with Gasteiger partial charge in [-0.1, -0.05) is 26.2 Å². The Bertz CT molecular complexity index is 144. The number of unbranched alkanes of at least 4 members (excludes halogenated alkanes) is 2. The van der Waals surface area contributed by atoms with Gasteiger partial charge in [0.2, 0.25) is 0 Å². The zero-order valence-corrected chi connectivity index (χ0v) is 9.26. The summed E-state index contributed by atoms with van der Waals surface area (Å²) in [5, 5.41) is 0. The maximum atomic E-state index is 5.33. The number of hydrogen-bond donors (Lipinski definition) is 3. The molecule has 0 aliphatic carbocycles. The van der Waals surface area contributed by atoms with Gasteiger partial charge in [-0.05, 0) is 18.6 Å². The Hall–Kier alpha value is -0.380. The van der Waals surface area contributed by atoms with E-state index in [0.29, 0.717) is 0 Å². The standard InChI is InChI=1S/C9H21N3S/c1-2-3-4-5-8(6-7-13)12-9(10)11/h8,13H,2-7H2,1H3,(H4,10,11,12). The van der Waals surface area contributed by atoms with Gasteiger partial charge >= 0.3 is 0 Å². The Morgan fingerprint density at radius 3 is 2.46 bits per heavy atom. The quantitative estimate of drug-likeness (QED) is 0.254. The van der Waals surface area contributed by atoms with Crippen molar-refractivity contribution < 1.29 is 0 Å². The molecule has 1 atom stereocenters. The fraction of sp³-hybridized carbons (Fsp3) is 0.889. The molecule has 0 aliphatic rings. The Morgan fingerprint density at radius 2 is 2.00 bits per heavy atom. The van der Waals surface area contributed by atoms with Crippen LogP contribution in [0.4, 0.5) is 0 Å². The molecule has 0 saturated carbocycles. The minimum atomic E-state index is 0.197. The van der Waals surface area contributed by atoms with E-state index >= 15 is 0 Å². The van der Waals surface area contributed by atoms with Crippen LogP contribution in [0.15, 0.2) is 4.99 Å². The minimum Gasteiger partial charge on any atom is -0.370 e. The van der Waals surface area contributed by atoms with E-state index in [9.17, 15) is 0 Å². The van der Waals surface area contributed by atoms with Crippen LogP contribution in [0.3, 0.4) is 0 Å². The highest BCUT2D eigenvalue weighted by Gasteiger charge is 2.05. The number of guanidine groups is 1. The van der Waals surface area contributed by atoms with Crippen LogP contribution in [-0.4, -0.2) is 17.8 Å². The lowest BCUT2D eigenvalue weighted by atomic mass is 10.1. The average Bonchev–Trinajstić information content (AvgIpc) is 2.04. The van der Waals surface area contributed by atoms with Gasteiger partial charge in [-0.15, -0.1) is 0 Å². The van der Waals surface area contributed by atoms with Gasteiger partial charge in [0, 0.05) is 0 Å². The Kier molecular flexibility index (Phi) is 7.99. The lowest BCUT2D eigenvalue weighted by Crippen LogP contribution is -2.25. The maximum absolute atomic E-state index is 5.33. The van der Waals surface area contributed by atoms with Gasteiger partial charge in [-0.2, -0.15) is 12.6 Å². The van der Waals surface area contributed by atoms with Crippen molar-refractivity contribution >= 4 is 18.6 Å². The van der Waals surface area contributed by atoms with Crippen LogP contribution in [0.1, 0.15) is 39.0 Å². The number of nitrogens with zero attached hydrogens (tertiary/aromatic N) is 1. The van der Waals surface area contributed by atoms with Crippen molar-refractivity contribution in [3.05, 3.63) is 0 Å². The number of nitrogens with two attached hydrogens (primary N) is 2. The lowest BCUT2D eigenvalue weighted by Gasteiger charge is -2.10. The van der Waals surface area contributed by atoms with E-state index in [1.165, 1.54) is 19.3 Å². The van der Waals surface area contributed by atoms with E-state index < -0.39 is 0 Å². The highest BCUT2D eigenvalue weighted by Crippen LogP contribution is 2.10. The third-order valence-electron chi connectivity index (χ3n) is 1.93. The number of rotatable bonds is 7. The molecule has 0 aromatic heterocycles. The third-order valence-corrected chi connectivity index (χ3v) is 2.19. The summed E-state index contributed by atoms with van der Waals surface area (Å²) in [6.07, 6.45) is 5.72. The van der Waals surface area contributed by atoms with Gasteiger partial charge in [-0.25, -0.2) is 0 Å². The van der Waals surface area contributed by atoms with Gasteiger partial charge in [0.15, 0.2) is 5.96 Å². The minimum absolute atomic E-state index is 0.197. The molecule has 78 valence electrons. The van der Waals surface area contributed by atoms with E-state index in [-0.39, 0.29) is 12.0 Å². The fourth-order valence-electron chi connectivity index (χ4n) is 1.26. The van der Waals surface area contributed by atoms with Crippen LogP contribution in [-0.2, 0) is 0 Å². The molecule has 0 fully saturated rings. The second-order valence-corrected chi connectivity index (χ2v) is 3.66. The predicted octanol–water partition coefficient (Wildman–Crippen LogP) is 1.53. The molecule has 0 bridgehead atoms. The summed E-state index contributed by atoms with van der Waals surface area (Å²) in [6.45, 7) is 2.19. The number of hydrogen-bond acceptors (Lipinski definition) is 2. The van der Waals surface area contributed by atoms with Crippen LogP contribution in [0.25, 0.3) is 0 Å². The Balaban J connectivity index is 3.73. The van der Waals surface area contributed by atoms with Gasteiger partial charge in [-0.3, -0.25) is 4.99 Å². The molecule has 13 heavy (non-hydrogen) atoms. The van der Waals surface area contributed by atoms with Crippen LogP contribution in [0.5, 0.6) is 0 Å². The summed E-state index contributed by atoms with van der Waals surface area (Å²) in [5.41, 5.74) is 10.7. The van der Waals surface area contributed by atoms with Crippen LogP contribution >= 0.6 is 12.6 Å². The number of aliphatic imine (C=N–C) groups is 1. The van der Waals surface area contributed by atoms with Crippen molar-refractivity contribution in [1.29, 1.82) is 0 Å². The molecule has 0 rings (SSSR count). The smallest absolute Gasteiger partial charge is 0.186 e. The molecule has 0 radical (unpaired) electrons. The molecule has 0 saturated heterocycles. The summed E-state index contributed by atoms with van der Waals surface area (Å²) >= 11 is 4.18. The number of thiol groups is 1. The largest absolute Gasteiger partial charge is 0.370 e. The SMILES string of the molecule is CCCCCC(CCS)N=C(N)N. The highest BCUT2D eigenvalue weighted by molar-refractivity contribution is 7.80. The molecule has 0 amide bonds. The zero-order valence-electron chi connectivity index (χ0n) is 8.37. The summed E-state index contributed by atoms with van der Waals surface area (Å²) in [7, 11) is 0. The van der Waals surface area contributed by atoms with E-state index in [2.05, 4.69) is 24.5 Å². The first-order valence-electron chi connectivity index (χ1n) is 4.90. The normalized spacial score (nSPS) is 12.5. The van der Waals surface area contributed by atoms with Crippen molar-refractivity contribution in [2.24, 2.45) is 16.5 Å². The van der Waals surface area contributed by atoms with Crippen LogP contribution in [0.2, 0.25) is 0 Å². The van der Waals surface area contributed by atoms with Crippen LogP contribution < -0.4 is 11.5 Å². The fourth-order valence-corrected chi connectivity index (χ4v) is 1.56. The first-order valence-corrected chi connectivity index (χ1v) is 5.53.